The maximum atomic E-state index is 11.6. The molecule has 0 aliphatic heterocycles. The third kappa shape index (κ3) is 4.15. The van der Waals surface area contributed by atoms with E-state index in [2.05, 4.69) is 5.32 Å². The van der Waals surface area contributed by atoms with Crippen molar-refractivity contribution >= 4 is 28.9 Å². The second-order valence-electron chi connectivity index (χ2n) is 4.28. The highest BCUT2D eigenvalue weighted by Crippen LogP contribution is 2.25. The monoisotopic (exact) mass is 255 g/mol. The molecule has 1 rings (SSSR count). The summed E-state index contributed by atoms with van der Waals surface area (Å²) in [5.74, 6) is -0.0399. The van der Waals surface area contributed by atoms with Gasteiger partial charge in [-0.05, 0) is 32.0 Å². The van der Waals surface area contributed by atoms with Gasteiger partial charge in [-0.2, -0.15) is 0 Å². The number of nitrogens with zero attached hydrogens (tertiary/aromatic N) is 1. The number of likely N-dealkylation sites (N-methyl/N-ethyl adjacent to an activating group) is 1. The first-order chi connectivity index (χ1) is 7.90. The molecular formula is C12H18ClN3O. The molecule has 0 spiro atoms. The third-order valence-electron chi connectivity index (χ3n) is 2.23. The molecule has 3 N–H and O–H groups in total. The largest absolute Gasteiger partial charge is 0.397 e. The number of amides is 1. The molecule has 94 valence electrons. The van der Waals surface area contributed by atoms with Crippen LogP contribution in [0.25, 0.3) is 0 Å². The predicted molar refractivity (Wildman–Crippen MR) is 72.4 cm³/mol. The molecule has 0 aromatic heterocycles. The minimum absolute atomic E-state index is 0.0399. The molecule has 0 saturated carbocycles. The Morgan fingerprint density at radius 2 is 2.18 bits per heavy atom. The molecule has 0 fully saturated rings. The molecule has 1 aromatic rings. The minimum atomic E-state index is -0.0399. The lowest BCUT2D eigenvalue weighted by Crippen LogP contribution is -2.38. The fraction of sp³-hybridized carbons (Fsp3) is 0.417. The quantitative estimate of drug-likeness (QED) is 0.808. The number of nitrogen functional groups attached to an aromatic ring is 1. The average molecular weight is 256 g/mol. The summed E-state index contributed by atoms with van der Waals surface area (Å²) in [4.78, 5) is 13.4. The van der Waals surface area contributed by atoms with E-state index in [-0.39, 0.29) is 18.5 Å². The molecule has 0 aliphatic carbocycles. The standard InChI is InChI=1S/C12H18ClN3O/c1-8(2)15-12(17)7-16(3)11-6-9(13)4-5-10(11)14/h4-6,8H,7,14H2,1-3H3,(H,15,17). The van der Waals surface area contributed by atoms with E-state index in [0.29, 0.717) is 10.7 Å². The van der Waals surface area contributed by atoms with Crippen molar-refractivity contribution in [3.05, 3.63) is 23.2 Å². The Bertz CT molecular complexity index is 407. The van der Waals surface area contributed by atoms with Gasteiger partial charge in [0.25, 0.3) is 0 Å². The van der Waals surface area contributed by atoms with Gasteiger partial charge in [0.05, 0.1) is 17.9 Å². The average Bonchev–Trinajstić information content (AvgIpc) is 2.20. The van der Waals surface area contributed by atoms with E-state index in [9.17, 15) is 4.79 Å². The summed E-state index contributed by atoms with van der Waals surface area (Å²) >= 11 is 5.90. The second-order valence-corrected chi connectivity index (χ2v) is 4.72. The zero-order valence-electron chi connectivity index (χ0n) is 10.3. The van der Waals surface area contributed by atoms with Crippen LogP contribution in [0.15, 0.2) is 18.2 Å². The normalized spacial score (nSPS) is 10.4. The predicted octanol–water partition coefficient (Wildman–Crippen LogP) is 1.88. The van der Waals surface area contributed by atoms with Crippen molar-refractivity contribution in [3.63, 3.8) is 0 Å². The Balaban J connectivity index is 2.72. The number of nitrogens with one attached hydrogen (secondary N) is 1. The topological polar surface area (TPSA) is 58.4 Å². The van der Waals surface area contributed by atoms with Crippen LogP contribution in [0.4, 0.5) is 11.4 Å². The summed E-state index contributed by atoms with van der Waals surface area (Å²) in [6.45, 7) is 4.10. The van der Waals surface area contributed by atoms with Crippen LogP contribution >= 0.6 is 11.6 Å². The van der Waals surface area contributed by atoms with Gasteiger partial charge in [0.1, 0.15) is 0 Å². The number of benzene rings is 1. The van der Waals surface area contributed by atoms with Crippen LogP contribution in [-0.2, 0) is 4.79 Å². The van der Waals surface area contributed by atoms with Crippen LogP contribution in [0, 0.1) is 0 Å². The highest BCUT2D eigenvalue weighted by Gasteiger charge is 2.11. The van der Waals surface area contributed by atoms with Gasteiger partial charge in [-0.25, -0.2) is 0 Å². The summed E-state index contributed by atoms with van der Waals surface area (Å²) < 4.78 is 0. The van der Waals surface area contributed by atoms with Gasteiger partial charge >= 0.3 is 0 Å². The summed E-state index contributed by atoms with van der Waals surface area (Å²) in [5, 5.41) is 3.43. The fourth-order valence-electron chi connectivity index (χ4n) is 1.52. The lowest BCUT2D eigenvalue weighted by Gasteiger charge is -2.21. The molecule has 0 saturated heterocycles. The summed E-state index contributed by atoms with van der Waals surface area (Å²) in [5.41, 5.74) is 7.20. The molecule has 1 amide bonds. The van der Waals surface area contributed by atoms with E-state index in [1.807, 2.05) is 20.9 Å². The minimum Gasteiger partial charge on any atom is -0.397 e. The number of rotatable bonds is 4. The summed E-state index contributed by atoms with van der Waals surface area (Å²) in [6.07, 6.45) is 0. The number of anilines is 2. The molecule has 0 aliphatic rings. The summed E-state index contributed by atoms with van der Waals surface area (Å²) in [7, 11) is 1.81. The Labute approximate surface area is 107 Å². The van der Waals surface area contributed by atoms with Gasteiger partial charge in [-0.15, -0.1) is 0 Å². The SMILES string of the molecule is CC(C)NC(=O)CN(C)c1cc(Cl)ccc1N. The Morgan fingerprint density at radius 3 is 2.76 bits per heavy atom. The highest BCUT2D eigenvalue weighted by molar-refractivity contribution is 6.31. The number of hydrogen-bond acceptors (Lipinski definition) is 3. The van der Waals surface area contributed by atoms with E-state index < -0.39 is 0 Å². The van der Waals surface area contributed by atoms with Crippen molar-refractivity contribution in [2.24, 2.45) is 0 Å². The molecule has 17 heavy (non-hydrogen) atoms. The van der Waals surface area contributed by atoms with Gasteiger partial charge in [0.15, 0.2) is 0 Å². The molecule has 0 atom stereocenters. The van der Waals surface area contributed by atoms with Gasteiger partial charge in [-0.3, -0.25) is 4.79 Å². The van der Waals surface area contributed by atoms with Gasteiger partial charge < -0.3 is 16.0 Å². The van der Waals surface area contributed by atoms with Gasteiger partial charge in [-0.1, -0.05) is 11.6 Å². The number of carbonyl (C=O) groups excluding carboxylic acids is 1. The Morgan fingerprint density at radius 1 is 1.53 bits per heavy atom. The number of hydrogen-bond donors (Lipinski definition) is 2. The van der Waals surface area contributed by atoms with Crippen LogP contribution < -0.4 is 16.0 Å². The van der Waals surface area contributed by atoms with Crippen molar-refractivity contribution in [1.82, 2.24) is 5.32 Å². The number of halogens is 1. The number of nitrogens with two attached hydrogens (primary N) is 1. The van der Waals surface area contributed by atoms with Crippen LogP contribution in [0.3, 0.4) is 0 Å². The summed E-state index contributed by atoms with van der Waals surface area (Å²) in [6, 6.07) is 5.34. The first-order valence-electron chi connectivity index (χ1n) is 5.45. The Kier molecular flexibility index (Phi) is 4.63. The fourth-order valence-corrected chi connectivity index (χ4v) is 1.68. The van der Waals surface area contributed by atoms with E-state index in [1.54, 1.807) is 23.1 Å². The van der Waals surface area contributed by atoms with Crippen LogP contribution in [-0.4, -0.2) is 25.5 Å². The first kappa shape index (κ1) is 13.6. The molecule has 4 nitrogen and oxygen atoms in total. The maximum absolute atomic E-state index is 11.6. The first-order valence-corrected chi connectivity index (χ1v) is 5.83. The lowest BCUT2D eigenvalue weighted by molar-refractivity contribution is -0.120. The van der Waals surface area contributed by atoms with Crippen molar-refractivity contribution < 1.29 is 4.79 Å². The zero-order chi connectivity index (χ0) is 13.0. The molecule has 0 bridgehead atoms. The van der Waals surface area contributed by atoms with Crippen LogP contribution in [0.2, 0.25) is 5.02 Å². The van der Waals surface area contributed by atoms with Crippen molar-refractivity contribution in [1.29, 1.82) is 0 Å². The second kappa shape index (κ2) is 5.77. The van der Waals surface area contributed by atoms with Gasteiger partial charge in [0.2, 0.25) is 5.91 Å². The number of carbonyl (C=O) groups is 1. The van der Waals surface area contributed by atoms with Crippen LogP contribution in [0.5, 0.6) is 0 Å². The third-order valence-corrected chi connectivity index (χ3v) is 2.47. The van der Waals surface area contributed by atoms with E-state index in [1.165, 1.54) is 0 Å². The Hall–Kier alpha value is -1.42. The molecular weight excluding hydrogens is 238 g/mol. The van der Waals surface area contributed by atoms with Crippen LogP contribution in [0.1, 0.15) is 13.8 Å². The zero-order valence-corrected chi connectivity index (χ0v) is 11.1. The van der Waals surface area contributed by atoms with E-state index >= 15 is 0 Å². The smallest absolute Gasteiger partial charge is 0.239 e. The molecule has 5 heteroatoms. The van der Waals surface area contributed by atoms with E-state index in [4.69, 9.17) is 17.3 Å². The maximum Gasteiger partial charge on any atom is 0.239 e. The molecule has 0 radical (unpaired) electrons. The lowest BCUT2D eigenvalue weighted by atomic mass is 10.2. The molecule has 0 heterocycles. The molecule has 0 unspecified atom stereocenters. The van der Waals surface area contributed by atoms with Crippen molar-refractivity contribution in [2.45, 2.75) is 19.9 Å². The van der Waals surface area contributed by atoms with E-state index in [0.717, 1.165) is 5.69 Å². The van der Waals surface area contributed by atoms with Crippen molar-refractivity contribution in [2.75, 3.05) is 24.2 Å². The van der Waals surface area contributed by atoms with Crippen molar-refractivity contribution in [3.8, 4) is 0 Å². The highest BCUT2D eigenvalue weighted by atomic mass is 35.5. The molecule has 1 aromatic carbocycles. The van der Waals surface area contributed by atoms with Gasteiger partial charge in [0, 0.05) is 18.1 Å².